The van der Waals surface area contributed by atoms with Gasteiger partial charge in [0.2, 0.25) is 0 Å². The standard InChI is InChI=1S/C14H10BrN5S/c15-12-3-4-13-17-7-9(20(13)19-12)5-8-1-2-10-11(6-8)21-14(16)18-10/h1-4,6-7H,5H2,(H2,16,18). The summed E-state index contributed by atoms with van der Waals surface area (Å²) >= 11 is 4.90. The lowest BCUT2D eigenvalue weighted by Gasteiger charge is -2.02. The fourth-order valence-electron chi connectivity index (χ4n) is 2.32. The van der Waals surface area contributed by atoms with Gasteiger partial charge in [-0.25, -0.2) is 14.5 Å². The Balaban J connectivity index is 1.76. The summed E-state index contributed by atoms with van der Waals surface area (Å²) in [6.45, 7) is 0. The van der Waals surface area contributed by atoms with Crippen molar-refractivity contribution < 1.29 is 0 Å². The molecule has 0 bridgehead atoms. The number of halogens is 1. The highest BCUT2D eigenvalue weighted by molar-refractivity contribution is 9.10. The molecule has 0 fully saturated rings. The Morgan fingerprint density at radius 1 is 1.24 bits per heavy atom. The Bertz CT molecular complexity index is 958. The fraction of sp³-hybridized carbons (Fsp3) is 0.0714. The van der Waals surface area contributed by atoms with Gasteiger partial charge in [0, 0.05) is 6.42 Å². The summed E-state index contributed by atoms with van der Waals surface area (Å²) in [5.41, 5.74) is 9.77. The van der Waals surface area contributed by atoms with E-state index >= 15 is 0 Å². The molecular weight excluding hydrogens is 350 g/mol. The molecule has 4 rings (SSSR count). The van der Waals surface area contributed by atoms with Crippen LogP contribution < -0.4 is 5.73 Å². The quantitative estimate of drug-likeness (QED) is 0.596. The lowest BCUT2D eigenvalue weighted by Crippen LogP contribution is -1.98. The number of hydrogen-bond acceptors (Lipinski definition) is 5. The predicted octanol–water partition coefficient (Wildman–Crippen LogP) is 3.27. The molecule has 21 heavy (non-hydrogen) atoms. The number of imidazole rings is 1. The fourth-order valence-corrected chi connectivity index (χ4v) is 3.41. The molecule has 0 radical (unpaired) electrons. The van der Waals surface area contributed by atoms with E-state index in [1.165, 1.54) is 16.9 Å². The van der Waals surface area contributed by atoms with E-state index in [2.05, 4.69) is 43.1 Å². The molecular formula is C14H10BrN5S. The van der Waals surface area contributed by atoms with Gasteiger partial charge in [-0.15, -0.1) is 0 Å². The molecule has 0 aliphatic rings. The van der Waals surface area contributed by atoms with Gasteiger partial charge in [-0.1, -0.05) is 17.4 Å². The first-order valence-electron chi connectivity index (χ1n) is 6.33. The maximum atomic E-state index is 5.75. The smallest absolute Gasteiger partial charge is 0.181 e. The molecule has 0 saturated heterocycles. The zero-order chi connectivity index (χ0) is 14.4. The van der Waals surface area contributed by atoms with Crippen molar-refractivity contribution in [3.63, 3.8) is 0 Å². The summed E-state index contributed by atoms with van der Waals surface area (Å²) in [6.07, 6.45) is 2.62. The highest BCUT2D eigenvalue weighted by Crippen LogP contribution is 2.25. The summed E-state index contributed by atoms with van der Waals surface area (Å²) in [7, 11) is 0. The van der Waals surface area contributed by atoms with Gasteiger partial charge in [0.1, 0.15) is 4.60 Å². The molecule has 104 valence electrons. The third-order valence-electron chi connectivity index (χ3n) is 3.26. The van der Waals surface area contributed by atoms with Gasteiger partial charge in [0.25, 0.3) is 0 Å². The third kappa shape index (κ3) is 2.28. The van der Waals surface area contributed by atoms with Crippen LogP contribution in [0.4, 0.5) is 5.13 Å². The molecule has 5 nitrogen and oxygen atoms in total. The molecule has 0 aliphatic carbocycles. The van der Waals surface area contributed by atoms with Crippen molar-refractivity contribution in [2.75, 3.05) is 5.73 Å². The van der Waals surface area contributed by atoms with Crippen LogP contribution in [0.2, 0.25) is 0 Å². The number of fused-ring (bicyclic) bond motifs is 2. The van der Waals surface area contributed by atoms with Crippen LogP contribution in [0.15, 0.2) is 41.1 Å². The largest absolute Gasteiger partial charge is 0.375 e. The Kier molecular flexibility index (Phi) is 2.90. The highest BCUT2D eigenvalue weighted by atomic mass is 79.9. The zero-order valence-corrected chi connectivity index (χ0v) is 13.2. The van der Waals surface area contributed by atoms with Gasteiger partial charge in [0.15, 0.2) is 10.8 Å². The van der Waals surface area contributed by atoms with E-state index in [0.717, 1.165) is 32.6 Å². The second-order valence-corrected chi connectivity index (χ2v) is 6.58. The van der Waals surface area contributed by atoms with Crippen molar-refractivity contribution in [3.8, 4) is 0 Å². The molecule has 1 aromatic carbocycles. The number of aromatic nitrogens is 4. The summed E-state index contributed by atoms with van der Waals surface area (Å²) in [6, 6.07) is 10.0. The SMILES string of the molecule is Nc1nc2ccc(Cc3cnc4ccc(Br)nn34)cc2s1. The number of anilines is 1. The van der Waals surface area contributed by atoms with E-state index in [1.807, 2.05) is 28.9 Å². The van der Waals surface area contributed by atoms with Crippen molar-refractivity contribution >= 4 is 48.3 Å². The molecule has 0 atom stereocenters. The number of benzene rings is 1. The molecule has 0 spiro atoms. The van der Waals surface area contributed by atoms with E-state index in [4.69, 9.17) is 5.73 Å². The van der Waals surface area contributed by atoms with Crippen LogP contribution in [0.1, 0.15) is 11.3 Å². The monoisotopic (exact) mass is 359 g/mol. The van der Waals surface area contributed by atoms with Gasteiger partial charge >= 0.3 is 0 Å². The molecule has 0 saturated carbocycles. The molecule has 7 heteroatoms. The van der Waals surface area contributed by atoms with Gasteiger partial charge in [-0.3, -0.25) is 0 Å². The number of nitrogens with two attached hydrogens (primary N) is 1. The van der Waals surface area contributed by atoms with Crippen molar-refractivity contribution in [3.05, 3.63) is 52.4 Å². The van der Waals surface area contributed by atoms with Crippen molar-refractivity contribution in [2.45, 2.75) is 6.42 Å². The number of rotatable bonds is 2. The van der Waals surface area contributed by atoms with Crippen molar-refractivity contribution in [1.29, 1.82) is 0 Å². The Morgan fingerprint density at radius 2 is 2.14 bits per heavy atom. The molecule has 2 N–H and O–H groups in total. The number of nitrogens with zero attached hydrogens (tertiary/aromatic N) is 4. The minimum Gasteiger partial charge on any atom is -0.375 e. The molecule has 3 heterocycles. The number of thiazole rings is 1. The molecule has 0 unspecified atom stereocenters. The number of hydrogen-bond donors (Lipinski definition) is 1. The van der Waals surface area contributed by atoms with E-state index in [0.29, 0.717) is 5.13 Å². The zero-order valence-electron chi connectivity index (χ0n) is 10.8. The maximum absolute atomic E-state index is 5.75. The van der Waals surface area contributed by atoms with Crippen LogP contribution in [-0.4, -0.2) is 19.6 Å². The lowest BCUT2D eigenvalue weighted by molar-refractivity contribution is 0.857. The van der Waals surface area contributed by atoms with Crippen LogP contribution in [0.3, 0.4) is 0 Å². The Labute approximate surface area is 132 Å². The maximum Gasteiger partial charge on any atom is 0.181 e. The number of nitrogen functional groups attached to an aromatic ring is 1. The summed E-state index contributed by atoms with van der Waals surface area (Å²) in [5.74, 6) is 0. The first kappa shape index (κ1) is 12.7. The second-order valence-electron chi connectivity index (χ2n) is 4.71. The summed E-state index contributed by atoms with van der Waals surface area (Å²) < 4.78 is 3.75. The average Bonchev–Trinajstić information content (AvgIpc) is 3.01. The van der Waals surface area contributed by atoms with Crippen molar-refractivity contribution in [2.24, 2.45) is 0 Å². The first-order chi connectivity index (χ1) is 10.2. The molecule has 4 aromatic rings. The molecule has 0 amide bonds. The summed E-state index contributed by atoms with van der Waals surface area (Å²) in [4.78, 5) is 8.65. The lowest BCUT2D eigenvalue weighted by atomic mass is 10.1. The minimum atomic E-state index is 0.600. The molecule has 3 aromatic heterocycles. The average molecular weight is 360 g/mol. The summed E-state index contributed by atoms with van der Waals surface area (Å²) in [5, 5.41) is 5.04. The van der Waals surface area contributed by atoms with Crippen LogP contribution in [-0.2, 0) is 6.42 Å². The van der Waals surface area contributed by atoms with Gasteiger partial charge < -0.3 is 5.73 Å². The second kappa shape index (κ2) is 4.78. The van der Waals surface area contributed by atoms with Crippen LogP contribution >= 0.6 is 27.3 Å². The molecule has 0 aliphatic heterocycles. The van der Waals surface area contributed by atoms with Gasteiger partial charge in [0.05, 0.1) is 22.1 Å². The Morgan fingerprint density at radius 3 is 3.05 bits per heavy atom. The predicted molar refractivity (Wildman–Crippen MR) is 87.5 cm³/mol. The minimum absolute atomic E-state index is 0.600. The van der Waals surface area contributed by atoms with Crippen molar-refractivity contribution in [1.82, 2.24) is 19.6 Å². The van der Waals surface area contributed by atoms with Gasteiger partial charge in [-0.05, 0) is 45.8 Å². The van der Waals surface area contributed by atoms with Crippen LogP contribution in [0.5, 0.6) is 0 Å². The van der Waals surface area contributed by atoms with E-state index in [9.17, 15) is 0 Å². The van der Waals surface area contributed by atoms with E-state index in [1.54, 1.807) is 0 Å². The first-order valence-corrected chi connectivity index (χ1v) is 7.94. The van der Waals surface area contributed by atoms with Crippen LogP contribution in [0, 0.1) is 0 Å². The normalized spacial score (nSPS) is 11.5. The van der Waals surface area contributed by atoms with Crippen LogP contribution in [0.25, 0.3) is 15.9 Å². The third-order valence-corrected chi connectivity index (χ3v) is 4.53. The highest BCUT2D eigenvalue weighted by Gasteiger charge is 2.08. The Hall–Kier alpha value is -1.99. The van der Waals surface area contributed by atoms with Gasteiger partial charge in [-0.2, -0.15) is 5.10 Å². The van der Waals surface area contributed by atoms with E-state index in [-0.39, 0.29) is 0 Å². The topological polar surface area (TPSA) is 69.1 Å². The van der Waals surface area contributed by atoms with E-state index < -0.39 is 0 Å².